The SMILES string of the molecule is CC(C)N(Cc1ccccc1)C(=O)COC(=O)/C=C/c1cnn(Cc2ccccc2)c1. The van der Waals surface area contributed by atoms with Crippen molar-refractivity contribution in [1.82, 2.24) is 14.7 Å². The molecule has 6 nitrogen and oxygen atoms in total. The van der Waals surface area contributed by atoms with Crippen LogP contribution in [0.4, 0.5) is 0 Å². The van der Waals surface area contributed by atoms with Crippen LogP contribution < -0.4 is 0 Å². The summed E-state index contributed by atoms with van der Waals surface area (Å²) < 4.78 is 6.95. The van der Waals surface area contributed by atoms with E-state index in [0.29, 0.717) is 13.1 Å². The van der Waals surface area contributed by atoms with Gasteiger partial charge in [0.05, 0.1) is 12.7 Å². The Hall–Kier alpha value is -3.67. The molecule has 0 saturated carbocycles. The summed E-state index contributed by atoms with van der Waals surface area (Å²) in [6, 6.07) is 19.7. The van der Waals surface area contributed by atoms with Crippen molar-refractivity contribution < 1.29 is 14.3 Å². The molecule has 2 aromatic carbocycles. The summed E-state index contributed by atoms with van der Waals surface area (Å²) in [4.78, 5) is 26.3. The summed E-state index contributed by atoms with van der Waals surface area (Å²) in [5, 5.41) is 4.30. The standard InChI is InChI=1S/C25H27N3O3/c1-20(2)28(18-22-11-7-4-8-12-22)24(29)19-31-25(30)14-13-23-15-26-27(17-23)16-21-9-5-3-6-10-21/h3-15,17,20H,16,18-19H2,1-2H3/b14-13+. The van der Waals surface area contributed by atoms with Gasteiger partial charge in [-0.2, -0.15) is 5.10 Å². The second-order valence-electron chi connectivity index (χ2n) is 7.50. The Morgan fingerprint density at radius 2 is 1.68 bits per heavy atom. The fourth-order valence-electron chi connectivity index (χ4n) is 3.09. The third-order valence-corrected chi connectivity index (χ3v) is 4.73. The highest BCUT2D eigenvalue weighted by atomic mass is 16.5. The number of ether oxygens (including phenoxy) is 1. The van der Waals surface area contributed by atoms with Gasteiger partial charge in [0, 0.05) is 30.4 Å². The predicted molar refractivity (Wildman–Crippen MR) is 120 cm³/mol. The first-order valence-corrected chi connectivity index (χ1v) is 10.3. The van der Waals surface area contributed by atoms with Crippen molar-refractivity contribution in [1.29, 1.82) is 0 Å². The molecule has 0 aliphatic heterocycles. The van der Waals surface area contributed by atoms with Gasteiger partial charge in [-0.15, -0.1) is 0 Å². The lowest BCUT2D eigenvalue weighted by molar-refractivity contribution is -0.149. The van der Waals surface area contributed by atoms with E-state index in [0.717, 1.165) is 16.7 Å². The summed E-state index contributed by atoms with van der Waals surface area (Å²) >= 11 is 0. The number of rotatable bonds is 9. The smallest absolute Gasteiger partial charge is 0.331 e. The van der Waals surface area contributed by atoms with Crippen LogP contribution in [0.1, 0.15) is 30.5 Å². The highest BCUT2D eigenvalue weighted by Gasteiger charge is 2.18. The molecule has 0 bridgehead atoms. The molecule has 1 amide bonds. The van der Waals surface area contributed by atoms with E-state index in [2.05, 4.69) is 5.10 Å². The van der Waals surface area contributed by atoms with E-state index in [4.69, 9.17) is 4.74 Å². The second kappa shape index (κ2) is 10.9. The Morgan fingerprint density at radius 3 is 2.32 bits per heavy atom. The largest absolute Gasteiger partial charge is 0.452 e. The Morgan fingerprint density at radius 1 is 1.03 bits per heavy atom. The van der Waals surface area contributed by atoms with Gasteiger partial charge in [0.1, 0.15) is 0 Å². The molecule has 0 atom stereocenters. The molecule has 6 heteroatoms. The minimum atomic E-state index is -0.562. The third-order valence-electron chi connectivity index (χ3n) is 4.73. The van der Waals surface area contributed by atoms with Gasteiger partial charge in [0.2, 0.25) is 0 Å². The molecule has 160 valence electrons. The summed E-state index contributed by atoms with van der Waals surface area (Å²) in [5.41, 5.74) is 2.96. The van der Waals surface area contributed by atoms with Crippen LogP contribution in [-0.4, -0.2) is 39.2 Å². The summed E-state index contributed by atoms with van der Waals surface area (Å²) in [6.45, 7) is 4.72. The fraction of sp³-hybridized carbons (Fsp3) is 0.240. The molecule has 0 fully saturated rings. The van der Waals surface area contributed by atoms with Gasteiger partial charge in [-0.05, 0) is 31.1 Å². The van der Waals surface area contributed by atoms with Crippen LogP contribution in [0.25, 0.3) is 6.08 Å². The molecule has 0 spiro atoms. The zero-order valence-electron chi connectivity index (χ0n) is 17.8. The number of aromatic nitrogens is 2. The van der Waals surface area contributed by atoms with E-state index < -0.39 is 5.97 Å². The number of hydrogen-bond acceptors (Lipinski definition) is 4. The summed E-state index contributed by atoms with van der Waals surface area (Å²) in [7, 11) is 0. The minimum absolute atomic E-state index is 0.00240. The first-order valence-electron chi connectivity index (χ1n) is 10.3. The van der Waals surface area contributed by atoms with Crippen molar-refractivity contribution in [3.8, 4) is 0 Å². The summed E-state index contributed by atoms with van der Waals surface area (Å²) in [6.07, 6.45) is 6.47. The maximum atomic E-state index is 12.6. The van der Waals surface area contributed by atoms with E-state index in [1.807, 2.05) is 80.7 Å². The average Bonchev–Trinajstić information content (AvgIpc) is 3.23. The number of benzene rings is 2. The van der Waals surface area contributed by atoms with Crippen LogP contribution in [0.2, 0.25) is 0 Å². The number of esters is 1. The van der Waals surface area contributed by atoms with E-state index >= 15 is 0 Å². The lowest BCUT2D eigenvalue weighted by Gasteiger charge is -2.26. The van der Waals surface area contributed by atoms with Gasteiger partial charge in [-0.3, -0.25) is 9.48 Å². The van der Waals surface area contributed by atoms with Crippen LogP contribution >= 0.6 is 0 Å². The molecule has 0 aliphatic rings. The maximum absolute atomic E-state index is 12.6. The molecular weight excluding hydrogens is 390 g/mol. The van der Waals surface area contributed by atoms with Crippen LogP contribution in [0.5, 0.6) is 0 Å². The minimum Gasteiger partial charge on any atom is -0.452 e. The molecule has 0 radical (unpaired) electrons. The topological polar surface area (TPSA) is 64.4 Å². The van der Waals surface area contributed by atoms with Crippen molar-refractivity contribution in [2.45, 2.75) is 33.0 Å². The monoisotopic (exact) mass is 417 g/mol. The van der Waals surface area contributed by atoms with Crippen LogP contribution in [-0.2, 0) is 27.4 Å². The van der Waals surface area contributed by atoms with Gasteiger partial charge < -0.3 is 9.64 Å². The first kappa shape index (κ1) is 22.0. The highest BCUT2D eigenvalue weighted by Crippen LogP contribution is 2.09. The number of carbonyl (C=O) groups is 2. The van der Waals surface area contributed by atoms with Crippen LogP contribution in [0.3, 0.4) is 0 Å². The lowest BCUT2D eigenvalue weighted by Crippen LogP contribution is -2.39. The van der Waals surface area contributed by atoms with E-state index in [-0.39, 0.29) is 18.6 Å². The van der Waals surface area contributed by atoms with Gasteiger partial charge >= 0.3 is 5.97 Å². The van der Waals surface area contributed by atoms with Gasteiger partial charge in [0.15, 0.2) is 6.61 Å². The molecule has 3 rings (SSSR count). The van der Waals surface area contributed by atoms with E-state index in [1.54, 1.807) is 21.9 Å². The first-order chi connectivity index (χ1) is 15.0. The second-order valence-corrected chi connectivity index (χ2v) is 7.50. The Labute approximate surface area is 182 Å². The van der Waals surface area contributed by atoms with Gasteiger partial charge in [0.25, 0.3) is 5.91 Å². The number of nitrogens with zero attached hydrogens (tertiary/aromatic N) is 3. The van der Waals surface area contributed by atoms with Gasteiger partial charge in [-0.1, -0.05) is 60.7 Å². The highest BCUT2D eigenvalue weighted by molar-refractivity contribution is 5.89. The van der Waals surface area contributed by atoms with Crippen molar-refractivity contribution in [3.63, 3.8) is 0 Å². The van der Waals surface area contributed by atoms with Crippen molar-refractivity contribution in [2.24, 2.45) is 0 Å². The average molecular weight is 418 g/mol. The molecule has 31 heavy (non-hydrogen) atoms. The fourth-order valence-corrected chi connectivity index (χ4v) is 3.09. The Bertz CT molecular complexity index is 1010. The molecule has 0 unspecified atom stereocenters. The predicted octanol–water partition coefficient (Wildman–Crippen LogP) is 3.93. The summed E-state index contributed by atoms with van der Waals surface area (Å²) in [5.74, 6) is -0.788. The molecule has 0 aliphatic carbocycles. The van der Waals surface area contributed by atoms with Crippen LogP contribution in [0, 0.1) is 0 Å². The number of amides is 1. The molecule has 0 N–H and O–H groups in total. The van der Waals surface area contributed by atoms with Crippen LogP contribution in [0.15, 0.2) is 79.1 Å². The normalized spacial score (nSPS) is 11.1. The number of carbonyl (C=O) groups excluding carboxylic acids is 2. The van der Waals surface area contributed by atoms with E-state index in [1.165, 1.54) is 6.08 Å². The van der Waals surface area contributed by atoms with Crippen molar-refractivity contribution in [3.05, 3.63) is 95.8 Å². The Balaban J connectivity index is 1.49. The Kier molecular flexibility index (Phi) is 7.76. The lowest BCUT2D eigenvalue weighted by atomic mass is 10.2. The molecular formula is C25H27N3O3. The molecule has 0 saturated heterocycles. The van der Waals surface area contributed by atoms with E-state index in [9.17, 15) is 9.59 Å². The molecule has 1 aromatic heterocycles. The molecule has 1 heterocycles. The molecule has 3 aromatic rings. The zero-order chi connectivity index (χ0) is 22.1. The maximum Gasteiger partial charge on any atom is 0.331 e. The van der Waals surface area contributed by atoms with Gasteiger partial charge in [-0.25, -0.2) is 4.79 Å². The van der Waals surface area contributed by atoms with Crippen molar-refractivity contribution in [2.75, 3.05) is 6.61 Å². The third kappa shape index (κ3) is 6.96. The zero-order valence-corrected chi connectivity index (χ0v) is 17.8. The quantitative estimate of drug-likeness (QED) is 0.391. The van der Waals surface area contributed by atoms with Crippen molar-refractivity contribution >= 4 is 18.0 Å². The number of hydrogen-bond donors (Lipinski definition) is 0.